The highest BCUT2D eigenvalue weighted by Gasteiger charge is 2.25. The quantitative estimate of drug-likeness (QED) is 0.590. The smallest absolute Gasteiger partial charge is 0.260 e. The molecule has 0 radical (unpaired) electrons. The van der Waals surface area contributed by atoms with Gasteiger partial charge in [0.05, 0.1) is 13.2 Å². The van der Waals surface area contributed by atoms with Gasteiger partial charge < -0.3 is 14.1 Å². The molecule has 0 atom stereocenters. The first kappa shape index (κ1) is 19.8. The molecule has 2 heterocycles. The molecule has 0 saturated carbocycles. The minimum absolute atomic E-state index is 0.0898. The Hall–Kier alpha value is -2.93. The Morgan fingerprint density at radius 3 is 2.64 bits per heavy atom. The van der Waals surface area contributed by atoms with Crippen LogP contribution in [0.15, 0.2) is 47.0 Å². The molecule has 3 rings (SSSR count). The van der Waals surface area contributed by atoms with Gasteiger partial charge in [0.2, 0.25) is 17.7 Å². The van der Waals surface area contributed by atoms with Crippen LogP contribution in [0.4, 0.5) is 0 Å². The summed E-state index contributed by atoms with van der Waals surface area (Å²) in [5.74, 6) is 0.818. The molecule has 0 aliphatic heterocycles. The number of carbonyl (C=O) groups excluding carboxylic acids is 1. The van der Waals surface area contributed by atoms with Crippen molar-refractivity contribution in [2.75, 3.05) is 6.61 Å². The molecule has 146 valence electrons. The minimum Gasteiger partial charge on any atom is -0.477 e. The van der Waals surface area contributed by atoms with Gasteiger partial charge in [0, 0.05) is 22.8 Å². The number of amides is 1. The number of pyridine rings is 1. The summed E-state index contributed by atoms with van der Waals surface area (Å²) in [5, 5.41) is 8.78. The van der Waals surface area contributed by atoms with Gasteiger partial charge in [-0.05, 0) is 57.2 Å². The molecule has 0 spiro atoms. The van der Waals surface area contributed by atoms with E-state index < -0.39 is 0 Å². The molecule has 3 aromatic rings. The minimum atomic E-state index is -0.210. The van der Waals surface area contributed by atoms with Crippen LogP contribution in [-0.4, -0.2) is 38.6 Å². The van der Waals surface area contributed by atoms with Crippen LogP contribution in [-0.2, 0) is 6.54 Å². The van der Waals surface area contributed by atoms with Gasteiger partial charge in [-0.15, -0.1) is 10.2 Å². The van der Waals surface area contributed by atoms with Crippen molar-refractivity contribution in [2.45, 2.75) is 33.4 Å². The van der Waals surface area contributed by atoms with Crippen LogP contribution in [0.2, 0.25) is 5.02 Å². The van der Waals surface area contributed by atoms with Crippen molar-refractivity contribution in [3.8, 4) is 17.3 Å². The molecular weight excluding hydrogens is 380 g/mol. The largest absolute Gasteiger partial charge is 0.477 e. The highest BCUT2D eigenvalue weighted by Crippen LogP contribution is 2.23. The fourth-order valence-electron chi connectivity index (χ4n) is 2.62. The number of rotatable bonds is 7. The van der Waals surface area contributed by atoms with E-state index in [-0.39, 0.29) is 18.5 Å². The maximum atomic E-state index is 13.1. The van der Waals surface area contributed by atoms with Crippen molar-refractivity contribution in [1.82, 2.24) is 20.1 Å². The first-order chi connectivity index (χ1) is 13.5. The summed E-state index contributed by atoms with van der Waals surface area (Å²) >= 11 is 5.91. The van der Waals surface area contributed by atoms with Crippen LogP contribution in [0.1, 0.15) is 37.0 Å². The molecule has 1 aromatic carbocycles. The first-order valence-electron chi connectivity index (χ1n) is 8.96. The van der Waals surface area contributed by atoms with Gasteiger partial charge >= 0.3 is 0 Å². The molecular formula is C20H21ClN4O3. The summed E-state index contributed by atoms with van der Waals surface area (Å²) in [6.07, 6.45) is 1.60. The van der Waals surface area contributed by atoms with E-state index in [1.54, 1.807) is 47.5 Å². The standard InChI is InChI=1S/C20H21ClN4O3/c1-4-27-19-16(6-5-11-22-19)20(26)25(13(2)3)12-17-23-24-18(28-17)14-7-9-15(21)10-8-14/h5-11,13H,4,12H2,1-3H3. The fraction of sp³-hybridized carbons (Fsp3) is 0.300. The van der Waals surface area contributed by atoms with Gasteiger partial charge in [0.25, 0.3) is 5.91 Å². The third-order valence-electron chi connectivity index (χ3n) is 4.03. The van der Waals surface area contributed by atoms with Crippen LogP contribution in [0.5, 0.6) is 5.88 Å². The van der Waals surface area contributed by atoms with E-state index in [2.05, 4.69) is 15.2 Å². The lowest BCUT2D eigenvalue weighted by molar-refractivity contribution is 0.0667. The number of benzene rings is 1. The van der Waals surface area contributed by atoms with E-state index in [0.29, 0.717) is 34.9 Å². The van der Waals surface area contributed by atoms with Crippen molar-refractivity contribution < 1.29 is 13.9 Å². The Bertz CT molecular complexity index is 941. The summed E-state index contributed by atoms with van der Waals surface area (Å²) < 4.78 is 11.2. The van der Waals surface area contributed by atoms with E-state index in [4.69, 9.17) is 20.8 Å². The average Bonchev–Trinajstić information content (AvgIpc) is 3.15. The molecule has 0 fully saturated rings. The lowest BCUT2D eigenvalue weighted by atomic mass is 10.2. The first-order valence-corrected chi connectivity index (χ1v) is 9.34. The maximum absolute atomic E-state index is 13.1. The SMILES string of the molecule is CCOc1ncccc1C(=O)N(Cc1nnc(-c2ccc(Cl)cc2)o1)C(C)C. The zero-order valence-electron chi connectivity index (χ0n) is 15.9. The number of carbonyl (C=O) groups is 1. The molecule has 8 heteroatoms. The number of hydrogen-bond donors (Lipinski definition) is 0. The van der Waals surface area contributed by atoms with E-state index in [0.717, 1.165) is 5.56 Å². The third-order valence-corrected chi connectivity index (χ3v) is 4.28. The van der Waals surface area contributed by atoms with E-state index in [9.17, 15) is 4.79 Å². The van der Waals surface area contributed by atoms with Gasteiger partial charge in [-0.25, -0.2) is 4.98 Å². The molecule has 2 aromatic heterocycles. The Morgan fingerprint density at radius 2 is 1.96 bits per heavy atom. The number of nitrogens with zero attached hydrogens (tertiary/aromatic N) is 4. The van der Waals surface area contributed by atoms with Gasteiger partial charge in [-0.2, -0.15) is 0 Å². The maximum Gasteiger partial charge on any atom is 0.260 e. The number of aromatic nitrogens is 3. The Kier molecular flexibility index (Phi) is 6.26. The molecule has 0 bridgehead atoms. The number of halogens is 1. The third kappa shape index (κ3) is 4.48. The van der Waals surface area contributed by atoms with Crippen molar-refractivity contribution in [2.24, 2.45) is 0 Å². The molecule has 0 unspecified atom stereocenters. The Morgan fingerprint density at radius 1 is 1.21 bits per heavy atom. The van der Waals surface area contributed by atoms with Gasteiger partial charge in [0.15, 0.2) is 0 Å². The molecule has 0 saturated heterocycles. The van der Waals surface area contributed by atoms with Crippen LogP contribution >= 0.6 is 11.6 Å². The molecule has 1 amide bonds. The van der Waals surface area contributed by atoms with Gasteiger partial charge in [0.1, 0.15) is 5.56 Å². The molecule has 0 aliphatic carbocycles. The molecule has 0 N–H and O–H groups in total. The predicted molar refractivity (Wildman–Crippen MR) is 105 cm³/mol. The van der Waals surface area contributed by atoms with Crippen LogP contribution in [0.3, 0.4) is 0 Å². The normalized spacial score (nSPS) is 10.9. The zero-order valence-corrected chi connectivity index (χ0v) is 16.7. The summed E-state index contributed by atoms with van der Waals surface area (Å²) in [5.41, 5.74) is 1.16. The van der Waals surface area contributed by atoms with Gasteiger partial charge in [-0.1, -0.05) is 11.6 Å². The Balaban J connectivity index is 1.82. The van der Waals surface area contributed by atoms with Crippen molar-refractivity contribution in [1.29, 1.82) is 0 Å². The van der Waals surface area contributed by atoms with Gasteiger partial charge in [-0.3, -0.25) is 4.79 Å². The fourth-order valence-corrected chi connectivity index (χ4v) is 2.75. The summed E-state index contributed by atoms with van der Waals surface area (Å²) in [6.45, 7) is 6.29. The highest BCUT2D eigenvalue weighted by molar-refractivity contribution is 6.30. The van der Waals surface area contributed by atoms with E-state index in [1.165, 1.54) is 0 Å². The van der Waals surface area contributed by atoms with Crippen LogP contribution < -0.4 is 4.74 Å². The van der Waals surface area contributed by atoms with E-state index in [1.807, 2.05) is 20.8 Å². The average molecular weight is 401 g/mol. The summed E-state index contributed by atoms with van der Waals surface area (Å²) in [4.78, 5) is 18.9. The van der Waals surface area contributed by atoms with Crippen molar-refractivity contribution in [3.63, 3.8) is 0 Å². The Labute approximate surface area is 168 Å². The highest BCUT2D eigenvalue weighted by atomic mass is 35.5. The molecule has 0 aliphatic rings. The summed E-state index contributed by atoms with van der Waals surface area (Å²) in [7, 11) is 0. The second-order valence-electron chi connectivity index (χ2n) is 6.32. The van der Waals surface area contributed by atoms with E-state index >= 15 is 0 Å². The van der Waals surface area contributed by atoms with Crippen molar-refractivity contribution in [3.05, 3.63) is 59.1 Å². The number of ether oxygens (including phenoxy) is 1. The molecule has 28 heavy (non-hydrogen) atoms. The molecule has 7 nitrogen and oxygen atoms in total. The van der Waals surface area contributed by atoms with Crippen LogP contribution in [0, 0.1) is 0 Å². The predicted octanol–water partition coefficient (Wildman–Crippen LogP) is 4.23. The second-order valence-corrected chi connectivity index (χ2v) is 6.76. The lowest BCUT2D eigenvalue weighted by Gasteiger charge is -2.25. The second kappa shape index (κ2) is 8.84. The van der Waals surface area contributed by atoms with Crippen molar-refractivity contribution >= 4 is 17.5 Å². The topological polar surface area (TPSA) is 81.4 Å². The monoisotopic (exact) mass is 400 g/mol. The zero-order chi connectivity index (χ0) is 20.1. The van der Waals surface area contributed by atoms with Crippen LogP contribution in [0.25, 0.3) is 11.5 Å². The summed E-state index contributed by atoms with van der Waals surface area (Å²) in [6, 6.07) is 10.4. The lowest BCUT2D eigenvalue weighted by Crippen LogP contribution is -2.36. The number of hydrogen-bond acceptors (Lipinski definition) is 6.